The van der Waals surface area contributed by atoms with Crippen molar-refractivity contribution >= 4 is 11.9 Å². The van der Waals surface area contributed by atoms with Gasteiger partial charge >= 0.3 is 11.9 Å². The van der Waals surface area contributed by atoms with Crippen molar-refractivity contribution in [2.24, 2.45) is 0 Å². The van der Waals surface area contributed by atoms with Crippen molar-refractivity contribution in [2.75, 3.05) is 0 Å². The van der Waals surface area contributed by atoms with E-state index in [0.717, 1.165) is 0 Å². The molecule has 0 spiro atoms. The van der Waals surface area contributed by atoms with Gasteiger partial charge in [0.2, 0.25) is 0 Å². The Morgan fingerprint density at radius 1 is 0.680 bits per heavy atom. The minimum absolute atomic E-state index is 0. The molecule has 0 saturated heterocycles. The monoisotopic (exact) mass is 419 g/mol. The van der Waals surface area contributed by atoms with E-state index >= 15 is 0 Å². The van der Waals surface area contributed by atoms with Crippen molar-refractivity contribution < 1.29 is 51.8 Å². The van der Waals surface area contributed by atoms with Crippen LogP contribution >= 0.6 is 0 Å². The molecule has 5 heteroatoms. The molecule has 135 valence electrons. The molecule has 0 amide bonds. The van der Waals surface area contributed by atoms with E-state index in [1.807, 2.05) is 27.7 Å². The molecule has 25 heavy (non-hydrogen) atoms. The summed E-state index contributed by atoms with van der Waals surface area (Å²) in [5, 5.41) is 0. The van der Waals surface area contributed by atoms with Gasteiger partial charge in [0, 0.05) is 58.1 Å². The normalized spacial score (nSPS) is 7.60. The molecule has 1 radical (unpaired) electrons. The van der Waals surface area contributed by atoms with Crippen LogP contribution in [0.2, 0.25) is 0 Å². The van der Waals surface area contributed by atoms with Gasteiger partial charge in [0.05, 0.1) is 0 Å². The Balaban J connectivity index is -0.000000312. The first-order valence-electron chi connectivity index (χ1n) is 7.87. The molecule has 0 heterocycles. The van der Waals surface area contributed by atoms with Gasteiger partial charge in [-0.05, 0) is 0 Å². The molecule has 0 N–H and O–H groups in total. The second-order valence-corrected chi connectivity index (χ2v) is 3.66. The maximum Gasteiger partial charge on any atom is 0.305 e. The van der Waals surface area contributed by atoms with Gasteiger partial charge in [-0.2, -0.15) is 36.4 Å². The Hall–Kier alpha value is -1.52. The van der Waals surface area contributed by atoms with Crippen LogP contribution in [-0.2, 0) is 42.3 Å². The number of carbonyl (C=O) groups is 2. The van der Waals surface area contributed by atoms with E-state index in [1.54, 1.807) is 48.5 Å². The molecule has 0 bridgehead atoms. The van der Waals surface area contributed by atoms with Gasteiger partial charge in [0.1, 0.15) is 0 Å². The van der Waals surface area contributed by atoms with Crippen LogP contribution in [0.1, 0.15) is 41.5 Å². The molecule has 2 aromatic rings. The van der Waals surface area contributed by atoms with E-state index in [0.29, 0.717) is 11.5 Å². The van der Waals surface area contributed by atoms with Gasteiger partial charge < -0.3 is 9.47 Å². The minimum atomic E-state index is -0.300. The van der Waals surface area contributed by atoms with Gasteiger partial charge in [0.25, 0.3) is 0 Å². The van der Waals surface area contributed by atoms with Gasteiger partial charge in [-0.15, -0.1) is 24.3 Å². The molecule has 0 aromatic heterocycles. The fourth-order valence-electron chi connectivity index (χ4n) is 1.21. The summed E-state index contributed by atoms with van der Waals surface area (Å²) in [5.74, 6) is 0.523. The van der Waals surface area contributed by atoms with Crippen LogP contribution in [-0.4, -0.2) is 11.9 Å². The molecule has 2 aromatic carbocycles. The van der Waals surface area contributed by atoms with Gasteiger partial charge in [-0.25, -0.2) is 0 Å². The Morgan fingerprint density at radius 2 is 0.920 bits per heavy atom. The van der Waals surface area contributed by atoms with Crippen LogP contribution in [0.4, 0.5) is 0 Å². The topological polar surface area (TPSA) is 52.6 Å². The fraction of sp³-hybridized carbons (Fsp3) is 0.300. The quantitative estimate of drug-likeness (QED) is 0.396. The summed E-state index contributed by atoms with van der Waals surface area (Å²) in [6.07, 6.45) is 0. The van der Waals surface area contributed by atoms with E-state index in [9.17, 15) is 9.59 Å². The summed E-state index contributed by atoms with van der Waals surface area (Å²) in [4.78, 5) is 20.8. The van der Waals surface area contributed by atoms with Crippen LogP contribution in [0.15, 0.2) is 48.5 Å². The Bertz CT molecular complexity index is 491. The van der Waals surface area contributed by atoms with E-state index in [-0.39, 0.29) is 44.6 Å². The van der Waals surface area contributed by atoms with Crippen molar-refractivity contribution in [3.63, 3.8) is 0 Å². The first-order valence-corrected chi connectivity index (χ1v) is 7.87. The third-order valence-electron chi connectivity index (χ3n) is 1.90. The average molecular weight is 419 g/mol. The van der Waals surface area contributed by atoms with Gasteiger partial charge in [-0.3, -0.25) is 9.59 Å². The Morgan fingerprint density at radius 3 is 1.12 bits per heavy atom. The molecular formula is C20H26O4Y-2. The molecule has 4 nitrogen and oxygen atoms in total. The average Bonchev–Trinajstić information content (AvgIpc) is 2.60. The summed E-state index contributed by atoms with van der Waals surface area (Å²) >= 11 is 0. The van der Waals surface area contributed by atoms with E-state index in [1.165, 1.54) is 13.8 Å². The standard InChI is InChI=1S/2C8H7O2.2C2H6.Y/c2*1-7(9)10-8-5-3-2-4-6-8;2*1-2;/h2*3-6H,1H3;2*1-2H3;/q2*-1;;;. The zero-order valence-corrected chi connectivity index (χ0v) is 18.7. The smallest absolute Gasteiger partial charge is 0.305 e. The van der Waals surface area contributed by atoms with Crippen LogP contribution in [0.25, 0.3) is 0 Å². The SMILES string of the molecule is CC.CC.CC(=O)Oc1cc[c-]cc1.CC(=O)Oc1cc[c-]cc1.[Y]. The van der Waals surface area contributed by atoms with Gasteiger partial charge in [0.15, 0.2) is 0 Å². The summed E-state index contributed by atoms with van der Waals surface area (Å²) in [6.45, 7) is 10.7. The largest absolute Gasteiger partial charge is 0.453 e. The number of hydrogen-bond acceptors (Lipinski definition) is 4. The molecule has 0 saturated carbocycles. The fourth-order valence-corrected chi connectivity index (χ4v) is 1.21. The number of carbonyl (C=O) groups excluding carboxylic acids is 2. The molecule has 0 fully saturated rings. The van der Waals surface area contributed by atoms with Crippen LogP contribution in [0, 0.1) is 12.1 Å². The number of rotatable bonds is 2. The summed E-state index contributed by atoms with van der Waals surface area (Å²) in [6, 6.07) is 19.1. The number of ether oxygens (including phenoxy) is 2. The molecule has 2 rings (SSSR count). The number of esters is 2. The zero-order chi connectivity index (χ0) is 18.8. The van der Waals surface area contributed by atoms with E-state index < -0.39 is 0 Å². The molecule has 0 aliphatic rings. The molecule has 0 aliphatic carbocycles. The molecule has 0 aliphatic heterocycles. The summed E-state index contributed by atoms with van der Waals surface area (Å²) in [5.41, 5.74) is 0. The second-order valence-electron chi connectivity index (χ2n) is 3.66. The third kappa shape index (κ3) is 18.7. The van der Waals surface area contributed by atoms with Crippen molar-refractivity contribution in [1.82, 2.24) is 0 Å². The Labute approximate surface area is 176 Å². The third-order valence-corrected chi connectivity index (χ3v) is 1.90. The molecule has 0 unspecified atom stereocenters. The number of hydrogen-bond donors (Lipinski definition) is 0. The van der Waals surface area contributed by atoms with E-state index in [2.05, 4.69) is 12.1 Å². The van der Waals surface area contributed by atoms with Gasteiger partial charge in [-0.1, -0.05) is 27.7 Å². The zero-order valence-electron chi connectivity index (χ0n) is 15.8. The van der Waals surface area contributed by atoms with Crippen LogP contribution < -0.4 is 9.47 Å². The minimum Gasteiger partial charge on any atom is -0.453 e. The molecule has 0 atom stereocenters. The summed E-state index contributed by atoms with van der Waals surface area (Å²) in [7, 11) is 0. The van der Waals surface area contributed by atoms with Crippen LogP contribution in [0.3, 0.4) is 0 Å². The predicted molar refractivity (Wildman–Crippen MR) is 95.9 cm³/mol. The Kier molecular flexibility index (Phi) is 23.2. The van der Waals surface area contributed by atoms with E-state index in [4.69, 9.17) is 9.47 Å². The van der Waals surface area contributed by atoms with Crippen LogP contribution in [0.5, 0.6) is 11.5 Å². The van der Waals surface area contributed by atoms with Crippen molar-refractivity contribution in [3.05, 3.63) is 60.7 Å². The maximum absolute atomic E-state index is 10.4. The van der Waals surface area contributed by atoms with Crippen molar-refractivity contribution in [2.45, 2.75) is 41.5 Å². The first-order chi connectivity index (χ1) is 11.6. The maximum atomic E-state index is 10.4. The van der Waals surface area contributed by atoms with Crippen molar-refractivity contribution in [3.8, 4) is 11.5 Å². The van der Waals surface area contributed by atoms with Crippen molar-refractivity contribution in [1.29, 1.82) is 0 Å². The summed E-state index contributed by atoms with van der Waals surface area (Å²) < 4.78 is 9.51. The molecular weight excluding hydrogens is 393 g/mol. The predicted octanol–water partition coefficient (Wildman–Crippen LogP) is 4.87. The first kappa shape index (κ1) is 28.3. The number of benzene rings is 2. The second kappa shape index (κ2) is 20.5.